The Morgan fingerprint density at radius 3 is 3.10 bits per heavy atom. The lowest BCUT2D eigenvalue weighted by Crippen LogP contribution is -2.19. The van der Waals surface area contributed by atoms with E-state index in [1.807, 2.05) is 25.6 Å². The average molecular weight is 307 g/mol. The highest BCUT2D eigenvalue weighted by Crippen LogP contribution is 2.41. The molecule has 1 unspecified atom stereocenters. The molecule has 0 bridgehead atoms. The Hall–Kier alpha value is -1.14. The van der Waals surface area contributed by atoms with E-state index in [4.69, 9.17) is 0 Å². The summed E-state index contributed by atoms with van der Waals surface area (Å²) in [7, 11) is 0. The van der Waals surface area contributed by atoms with Gasteiger partial charge in [-0.1, -0.05) is 30.0 Å². The molecule has 0 saturated heterocycles. The number of thioether (sulfide) groups is 2. The Bertz CT molecular complexity index is 662. The molecule has 1 aliphatic heterocycles. The summed E-state index contributed by atoms with van der Waals surface area (Å²) in [6, 6.07) is 8.71. The van der Waals surface area contributed by atoms with Gasteiger partial charge in [0, 0.05) is 28.4 Å². The van der Waals surface area contributed by atoms with Crippen LogP contribution in [0.15, 0.2) is 39.1 Å². The molecule has 1 aromatic heterocycles. The lowest BCUT2D eigenvalue weighted by atomic mass is 10.0. The van der Waals surface area contributed by atoms with E-state index in [-0.39, 0.29) is 11.7 Å². The predicted octanol–water partition coefficient (Wildman–Crippen LogP) is 3.13. The molecule has 0 amide bonds. The normalized spacial score (nSPS) is 17.6. The van der Waals surface area contributed by atoms with Crippen molar-refractivity contribution in [3.05, 3.63) is 40.3 Å². The van der Waals surface area contributed by atoms with E-state index in [2.05, 4.69) is 34.5 Å². The van der Waals surface area contributed by atoms with Gasteiger partial charge in [-0.15, -0.1) is 16.9 Å². The fraction of sp³-hybridized carbons (Fsp3) is 0.429. The number of hydrogen-bond acceptors (Lipinski definition) is 4. The Labute approximate surface area is 126 Å². The van der Waals surface area contributed by atoms with E-state index in [0.29, 0.717) is 5.92 Å². The summed E-state index contributed by atoms with van der Waals surface area (Å²) >= 11 is 3.58. The Kier molecular flexibility index (Phi) is 3.94. The molecule has 1 atom stereocenters. The largest absolute Gasteiger partial charge is 0.344 e. The summed E-state index contributed by atoms with van der Waals surface area (Å²) in [5, 5.41) is 7.47. The van der Waals surface area contributed by atoms with Gasteiger partial charge in [0.25, 0.3) is 0 Å². The summed E-state index contributed by atoms with van der Waals surface area (Å²) in [6.45, 7) is 4.00. The predicted molar refractivity (Wildman–Crippen MR) is 83.9 cm³/mol. The standard InChI is InChI=1S/C14H17N3OS2/c1-9(2)17-13(18)15-16-14(17)20-8-10-7-19-12-6-4-3-5-11(10)12/h3-6,9-10H,7-8H2,1-2H3,(H,15,18). The van der Waals surface area contributed by atoms with E-state index in [9.17, 15) is 4.79 Å². The summed E-state index contributed by atoms with van der Waals surface area (Å²) in [5.41, 5.74) is 1.31. The summed E-state index contributed by atoms with van der Waals surface area (Å²) in [4.78, 5) is 13.1. The van der Waals surface area contributed by atoms with Crippen LogP contribution >= 0.6 is 23.5 Å². The smallest absolute Gasteiger partial charge is 0.268 e. The van der Waals surface area contributed by atoms with E-state index >= 15 is 0 Å². The van der Waals surface area contributed by atoms with Crippen molar-refractivity contribution < 1.29 is 0 Å². The van der Waals surface area contributed by atoms with Gasteiger partial charge in [0.1, 0.15) is 0 Å². The van der Waals surface area contributed by atoms with Crippen LogP contribution in [0.4, 0.5) is 0 Å². The number of aromatic amines is 1. The highest BCUT2D eigenvalue weighted by Gasteiger charge is 2.23. The van der Waals surface area contributed by atoms with Gasteiger partial charge in [-0.25, -0.2) is 9.89 Å². The molecule has 6 heteroatoms. The SMILES string of the molecule is CC(C)n1c(SCC2CSc3ccccc32)n[nH]c1=O. The number of nitrogens with zero attached hydrogens (tertiary/aromatic N) is 2. The van der Waals surface area contributed by atoms with E-state index in [0.717, 1.165) is 16.7 Å². The minimum absolute atomic E-state index is 0.122. The fourth-order valence-corrected chi connectivity index (χ4v) is 4.98. The first kappa shape index (κ1) is 13.8. The monoisotopic (exact) mass is 307 g/mol. The Morgan fingerprint density at radius 2 is 2.30 bits per heavy atom. The zero-order valence-electron chi connectivity index (χ0n) is 11.5. The van der Waals surface area contributed by atoms with Crippen LogP contribution in [0.1, 0.15) is 31.4 Å². The second-order valence-corrected chi connectivity index (χ2v) is 7.18. The molecule has 106 valence electrons. The van der Waals surface area contributed by atoms with Crippen LogP contribution < -0.4 is 5.69 Å². The number of nitrogens with one attached hydrogen (secondary N) is 1. The molecule has 4 nitrogen and oxygen atoms in total. The van der Waals surface area contributed by atoms with Gasteiger partial charge >= 0.3 is 5.69 Å². The highest BCUT2D eigenvalue weighted by atomic mass is 32.2. The van der Waals surface area contributed by atoms with Crippen molar-refractivity contribution in [2.24, 2.45) is 0 Å². The zero-order chi connectivity index (χ0) is 14.1. The molecule has 1 aromatic carbocycles. The maximum absolute atomic E-state index is 11.7. The van der Waals surface area contributed by atoms with Crippen LogP contribution in [0.2, 0.25) is 0 Å². The van der Waals surface area contributed by atoms with Crippen LogP contribution in [0.25, 0.3) is 0 Å². The second-order valence-electron chi connectivity index (χ2n) is 5.13. The fourth-order valence-electron chi connectivity index (χ4n) is 2.39. The third kappa shape index (κ3) is 2.54. The topological polar surface area (TPSA) is 50.7 Å². The molecule has 1 N–H and O–H groups in total. The van der Waals surface area contributed by atoms with Crippen molar-refractivity contribution in [2.45, 2.75) is 35.9 Å². The molecule has 2 heterocycles. The van der Waals surface area contributed by atoms with Gasteiger partial charge in [-0.05, 0) is 25.5 Å². The van der Waals surface area contributed by atoms with Crippen LogP contribution in [0.3, 0.4) is 0 Å². The summed E-state index contributed by atoms with van der Waals surface area (Å²) < 4.78 is 1.72. The van der Waals surface area contributed by atoms with E-state index in [1.165, 1.54) is 10.5 Å². The van der Waals surface area contributed by atoms with Crippen molar-refractivity contribution in [2.75, 3.05) is 11.5 Å². The van der Waals surface area contributed by atoms with Crippen molar-refractivity contribution in [1.29, 1.82) is 0 Å². The third-order valence-corrected chi connectivity index (χ3v) is 5.77. The molecule has 0 saturated carbocycles. The first-order chi connectivity index (χ1) is 9.66. The van der Waals surface area contributed by atoms with Crippen LogP contribution in [-0.2, 0) is 0 Å². The van der Waals surface area contributed by atoms with Gasteiger partial charge < -0.3 is 0 Å². The number of benzene rings is 1. The van der Waals surface area contributed by atoms with Crippen molar-refractivity contribution in [1.82, 2.24) is 14.8 Å². The Balaban J connectivity index is 1.74. The molecule has 2 aromatic rings. The molecule has 20 heavy (non-hydrogen) atoms. The van der Waals surface area contributed by atoms with Gasteiger partial charge in [0.15, 0.2) is 5.16 Å². The molecule has 0 fully saturated rings. The van der Waals surface area contributed by atoms with E-state index in [1.54, 1.807) is 16.3 Å². The Morgan fingerprint density at radius 1 is 1.50 bits per heavy atom. The number of fused-ring (bicyclic) bond motifs is 1. The van der Waals surface area contributed by atoms with Gasteiger partial charge in [0.05, 0.1) is 0 Å². The lowest BCUT2D eigenvalue weighted by Gasteiger charge is -2.12. The first-order valence-electron chi connectivity index (χ1n) is 6.68. The molecular weight excluding hydrogens is 290 g/mol. The molecule has 3 rings (SSSR count). The van der Waals surface area contributed by atoms with E-state index < -0.39 is 0 Å². The van der Waals surface area contributed by atoms with Crippen molar-refractivity contribution in [3.63, 3.8) is 0 Å². The molecular formula is C14H17N3OS2. The molecule has 0 radical (unpaired) electrons. The number of aromatic nitrogens is 3. The van der Waals surface area contributed by atoms with Gasteiger partial charge in [-0.3, -0.25) is 4.57 Å². The minimum atomic E-state index is -0.122. The number of rotatable bonds is 4. The van der Waals surface area contributed by atoms with Crippen LogP contribution in [0, 0.1) is 0 Å². The minimum Gasteiger partial charge on any atom is -0.268 e. The lowest BCUT2D eigenvalue weighted by molar-refractivity contribution is 0.534. The summed E-state index contributed by atoms with van der Waals surface area (Å²) in [6.07, 6.45) is 0. The maximum Gasteiger partial charge on any atom is 0.344 e. The van der Waals surface area contributed by atoms with Crippen LogP contribution in [-0.4, -0.2) is 26.3 Å². The third-order valence-electron chi connectivity index (χ3n) is 3.40. The average Bonchev–Trinajstić information content (AvgIpc) is 3.00. The zero-order valence-corrected chi connectivity index (χ0v) is 13.1. The van der Waals surface area contributed by atoms with Crippen molar-refractivity contribution >= 4 is 23.5 Å². The molecule has 1 aliphatic rings. The first-order valence-corrected chi connectivity index (χ1v) is 8.65. The quantitative estimate of drug-likeness (QED) is 0.882. The maximum atomic E-state index is 11.7. The number of H-pyrrole nitrogens is 1. The second kappa shape index (κ2) is 5.69. The molecule has 0 spiro atoms. The van der Waals surface area contributed by atoms with Gasteiger partial charge in [0.2, 0.25) is 0 Å². The molecule has 0 aliphatic carbocycles. The van der Waals surface area contributed by atoms with Crippen LogP contribution in [0.5, 0.6) is 0 Å². The summed E-state index contributed by atoms with van der Waals surface area (Å²) in [5.74, 6) is 2.61. The number of hydrogen-bond donors (Lipinski definition) is 1. The van der Waals surface area contributed by atoms with Gasteiger partial charge in [-0.2, -0.15) is 0 Å². The highest BCUT2D eigenvalue weighted by molar-refractivity contribution is 8.00. The van der Waals surface area contributed by atoms with Crippen molar-refractivity contribution in [3.8, 4) is 0 Å².